The van der Waals surface area contributed by atoms with Crippen LogP contribution in [0.15, 0.2) is 33.1 Å². The number of nitrogens with zero attached hydrogens (tertiary/aromatic N) is 2. The van der Waals surface area contributed by atoms with Crippen LogP contribution in [0.5, 0.6) is 0 Å². The molecule has 0 aliphatic rings. The maximum absolute atomic E-state index is 6.03. The molecule has 0 saturated heterocycles. The fraction of sp³-hybridized carbons (Fsp3) is 0.111. The fourth-order valence-corrected chi connectivity index (χ4v) is 3.03. The number of rotatable bonds is 3. The van der Waals surface area contributed by atoms with Crippen molar-refractivity contribution in [3.05, 3.63) is 39.0 Å². The van der Waals surface area contributed by atoms with E-state index >= 15 is 0 Å². The van der Waals surface area contributed by atoms with Crippen LogP contribution in [0.4, 0.5) is 0 Å². The topological polar surface area (TPSA) is 25.8 Å². The Hall–Kier alpha value is -0.100. The average Bonchev–Trinajstić information content (AvgIpc) is 2.63. The first-order valence-electron chi connectivity index (χ1n) is 4.11. The Bertz CT molecular complexity index is 461. The molecule has 2 nitrogen and oxygen atoms in total. The quantitative estimate of drug-likeness (QED) is 0.791. The standard InChI is InChI=1S/C9H6BrClN2S2/c10-9-12-8(13-15-9)5-14-7-4-2-1-3-6(7)11/h1-4H,5H2. The lowest BCUT2D eigenvalue weighted by atomic mass is 10.4. The van der Waals surface area contributed by atoms with Crippen molar-refractivity contribution in [1.29, 1.82) is 0 Å². The molecule has 0 saturated carbocycles. The summed E-state index contributed by atoms with van der Waals surface area (Å²) in [5, 5.41) is 0.775. The molecule has 0 N–H and O–H groups in total. The molecule has 0 amide bonds. The first kappa shape index (κ1) is 11.4. The van der Waals surface area contributed by atoms with Gasteiger partial charge < -0.3 is 0 Å². The van der Waals surface area contributed by atoms with Gasteiger partial charge in [-0.2, -0.15) is 4.37 Å². The van der Waals surface area contributed by atoms with E-state index in [1.807, 2.05) is 24.3 Å². The van der Waals surface area contributed by atoms with Crippen molar-refractivity contribution in [3.8, 4) is 0 Å². The Labute approximate surface area is 109 Å². The highest BCUT2D eigenvalue weighted by Gasteiger charge is 2.04. The van der Waals surface area contributed by atoms with Crippen LogP contribution in [0.25, 0.3) is 0 Å². The van der Waals surface area contributed by atoms with E-state index < -0.39 is 0 Å². The normalized spacial score (nSPS) is 10.5. The van der Waals surface area contributed by atoms with Gasteiger partial charge in [-0.05, 0) is 39.6 Å². The molecule has 78 valence electrons. The number of aromatic nitrogens is 2. The summed E-state index contributed by atoms with van der Waals surface area (Å²) in [5.41, 5.74) is 0. The summed E-state index contributed by atoms with van der Waals surface area (Å²) in [7, 11) is 0. The number of hydrogen-bond donors (Lipinski definition) is 0. The minimum atomic E-state index is 0.742. The van der Waals surface area contributed by atoms with Gasteiger partial charge in [-0.15, -0.1) is 11.8 Å². The largest absolute Gasteiger partial charge is 0.212 e. The second kappa shape index (κ2) is 5.30. The molecular weight excluding hydrogens is 316 g/mol. The maximum Gasteiger partial charge on any atom is 0.179 e. The van der Waals surface area contributed by atoms with Gasteiger partial charge in [-0.25, -0.2) is 4.98 Å². The van der Waals surface area contributed by atoms with Gasteiger partial charge in [0.25, 0.3) is 0 Å². The van der Waals surface area contributed by atoms with Crippen molar-refractivity contribution in [2.75, 3.05) is 0 Å². The van der Waals surface area contributed by atoms with E-state index in [1.165, 1.54) is 11.5 Å². The summed E-state index contributed by atoms with van der Waals surface area (Å²) in [6, 6.07) is 7.77. The molecule has 0 unspecified atom stereocenters. The van der Waals surface area contributed by atoms with Crippen LogP contribution < -0.4 is 0 Å². The molecule has 0 aliphatic heterocycles. The molecule has 2 aromatic rings. The maximum atomic E-state index is 6.03. The van der Waals surface area contributed by atoms with E-state index in [9.17, 15) is 0 Å². The highest BCUT2D eigenvalue weighted by Crippen LogP contribution is 2.29. The second-order valence-corrected chi connectivity index (χ2v) is 6.13. The Morgan fingerprint density at radius 3 is 2.87 bits per heavy atom. The summed E-state index contributed by atoms with van der Waals surface area (Å²) >= 11 is 12.3. The lowest BCUT2D eigenvalue weighted by molar-refractivity contribution is 1.12. The minimum Gasteiger partial charge on any atom is -0.212 e. The molecular formula is C9H6BrClN2S2. The Morgan fingerprint density at radius 1 is 1.40 bits per heavy atom. The van der Waals surface area contributed by atoms with Crippen molar-refractivity contribution in [2.24, 2.45) is 0 Å². The van der Waals surface area contributed by atoms with Gasteiger partial charge in [0.2, 0.25) is 0 Å². The third-order valence-corrected chi connectivity index (χ3v) is 4.30. The van der Waals surface area contributed by atoms with Crippen molar-refractivity contribution in [1.82, 2.24) is 9.36 Å². The van der Waals surface area contributed by atoms with Crippen LogP contribution in [0, 0.1) is 0 Å². The zero-order valence-corrected chi connectivity index (χ0v) is 11.5. The van der Waals surface area contributed by atoms with Crippen LogP contribution in [-0.4, -0.2) is 9.36 Å². The molecule has 0 bridgehead atoms. The van der Waals surface area contributed by atoms with Gasteiger partial charge in [0.15, 0.2) is 9.74 Å². The second-order valence-electron chi connectivity index (χ2n) is 2.68. The summed E-state index contributed by atoms with van der Waals surface area (Å²) in [6.45, 7) is 0. The number of thioether (sulfide) groups is 1. The van der Waals surface area contributed by atoms with Crippen LogP contribution in [0.1, 0.15) is 5.82 Å². The predicted octanol–water partition coefficient (Wildman–Crippen LogP) is 4.25. The van der Waals surface area contributed by atoms with Crippen LogP contribution >= 0.6 is 50.8 Å². The predicted molar refractivity (Wildman–Crippen MR) is 68.6 cm³/mol. The summed E-state index contributed by atoms with van der Waals surface area (Å²) in [6.07, 6.45) is 0. The zero-order chi connectivity index (χ0) is 10.7. The molecule has 0 radical (unpaired) electrons. The first-order valence-corrected chi connectivity index (χ1v) is 7.04. The molecule has 1 aromatic carbocycles. The molecule has 0 atom stereocenters. The van der Waals surface area contributed by atoms with Crippen LogP contribution in [0.2, 0.25) is 5.02 Å². The molecule has 0 fully saturated rings. The Kier molecular flexibility index (Phi) is 4.02. The van der Waals surface area contributed by atoms with Crippen molar-refractivity contribution >= 4 is 50.8 Å². The van der Waals surface area contributed by atoms with E-state index in [0.29, 0.717) is 0 Å². The van der Waals surface area contributed by atoms with Gasteiger partial charge in [0.1, 0.15) is 0 Å². The first-order chi connectivity index (χ1) is 7.25. The summed E-state index contributed by atoms with van der Waals surface area (Å²) in [4.78, 5) is 5.28. The van der Waals surface area contributed by atoms with Crippen molar-refractivity contribution < 1.29 is 0 Å². The summed E-state index contributed by atoms with van der Waals surface area (Å²) in [5.74, 6) is 1.57. The van der Waals surface area contributed by atoms with Gasteiger partial charge in [0.05, 0.1) is 10.8 Å². The van der Waals surface area contributed by atoms with Gasteiger partial charge >= 0.3 is 0 Å². The number of hydrogen-bond acceptors (Lipinski definition) is 4. The third kappa shape index (κ3) is 3.17. The fourth-order valence-electron chi connectivity index (χ4n) is 0.995. The summed E-state index contributed by atoms with van der Waals surface area (Å²) < 4.78 is 5.00. The van der Waals surface area contributed by atoms with Gasteiger partial charge in [-0.3, -0.25) is 0 Å². The van der Waals surface area contributed by atoms with E-state index in [2.05, 4.69) is 25.3 Å². The molecule has 0 aliphatic carbocycles. The molecule has 15 heavy (non-hydrogen) atoms. The smallest absolute Gasteiger partial charge is 0.179 e. The zero-order valence-electron chi connectivity index (χ0n) is 7.48. The van der Waals surface area contributed by atoms with Crippen molar-refractivity contribution in [2.45, 2.75) is 10.6 Å². The highest BCUT2D eigenvalue weighted by atomic mass is 79.9. The van der Waals surface area contributed by atoms with E-state index in [-0.39, 0.29) is 0 Å². The van der Waals surface area contributed by atoms with Crippen molar-refractivity contribution in [3.63, 3.8) is 0 Å². The monoisotopic (exact) mass is 320 g/mol. The van der Waals surface area contributed by atoms with Crippen LogP contribution in [-0.2, 0) is 5.75 Å². The average molecular weight is 322 g/mol. The van der Waals surface area contributed by atoms with Crippen LogP contribution in [0.3, 0.4) is 0 Å². The minimum absolute atomic E-state index is 0.742. The highest BCUT2D eigenvalue weighted by molar-refractivity contribution is 9.11. The van der Waals surface area contributed by atoms with E-state index in [1.54, 1.807) is 11.8 Å². The molecule has 2 rings (SSSR count). The Morgan fingerprint density at radius 2 is 2.20 bits per heavy atom. The van der Waals surface area contributed by atoms with E-state index in [0.717, 1.165) is 25.4 Å². The lowest BCUT2D eigenvalue weighted by Gasteiger charge is -2.00. The molecule has 6 heteroatoms. The van der Waals surface area contributed by atoms with Gasteiger partial charge in [-0.1, -0.05) is 23.7 Å². The van der Waals surface area contributed by atoms with Gasteiger partial charge in [0, 0.05) is 4.90 Å². The van der Waals surface area contributed by atoms with E-state index in [4.69, 9.17) is 11.6 Å². The Balaban J connectivity index is 2.02. The third-order valence-electron chi connectivity index (χ3n) is 1.64. The molecule has 1 aromatic heterocycles. The number of halogens is 2. The lowest BCUT2D eigenvalue weighted by Crippen LogP contribution is -1.83. The molecule has 0 spiro atoms. The molecule has 1 heterocycles. The SMILES string of the molecule is Clc1ccccc1SCc1nsc(Br)n1. The number of benzene rings is 1.